The molecule has 0 atom stereocenters. The molecule has 2 nitrogen and oxygen atoms in total. The number of fused-ring (bicyclic) bond motifs is 10. The van der Waals surface area contributed by atoms with Crippen LogP contribution in [0.4, 0.5) is 34.1 Å². The zero-order valence-electron chi connectivity index (χ0n) is 49.3. The van der Waals surface area contributed by atoms with E-state index in [0.717, 1.165) is 34.1 Å². The van der Waals surface area contributed by atoms with Crippen molar-refractivity contribution in [3.05, 3.63) is 268 Å². The lowest BCUT2D eigenvalue weighted by Gasteiger charge is -2.33. The molecule has 12 aromatic rings. The highest BCUT2D eigenvalue weighted by Crippen LogP contribution is 2.64. The maximum atomic E-state index is 2.53. The Bertz CT molecular complexity index is 4070. The molecule has 0 bridgehead atoms. The molecule has 0 saturated heterocycles. The fraction of sp³-hybridized carbons (Fsp3) is 0.169. The smallest absolute Gasteiger partial charge is 0.0727 e. The molecule has 1 spiro atoms. The number of hydrogen-bond donors (Lipinski definition) is 0. The van der Waals surface area contributed by atoms with Crippen molar-refractivity contribution in [1.29, 1.82) is 0 Å². The van der Waals surface area contributed by atoms with E-state index >= 15 is 0 Å². The van der Waals surface area contributed by atoms with Crippen LogP contribution in [0, 0.1) is 83.1 Å². The number of thiophene rings is 4. The number of benzene rings is 8. The van der Waals surface area contributed by atoms with E-state index in [1.807, 2.05) is 45.3 Å². The summed E-state index contributed by atoms with van der Waals surface area (Å²) in [6.45, 7) is 27.0. The Morgan fingerprint density at radius 3 is 0.735 bits per heavy atom. The van der Waals surface area contributed by atoms with Crippen molar-refractivity contribution in [3.63, 3.8) is 0 Å². The quantitative estimate of drug-likeness (QED) is 0.135. The third-order valence-electron chi connectivity index (χ3n) is 18.9. The fourth-order valence-electron chi connectivity index (χ4n) is 13.4. The van der Waals surface area contributed by atoms with Crippen molar-refractivity contribution >= 4 is 79.5 Å². The van der Waals surface area contributed by atoms with Gasteiger partial charge in [-0.2, -0.15) is 0 Å². The summed E-state index contributed by atoms with van der Waals surface area (Å²) in [5, 5.41) is 0. The molecule has 4 aromatic heterocycles. The van der Waals surface area contributed by atoms with E-state index in [0.29, 0.717) is 0 Å². The van der Waals surface area contributed by atoms with Crippen LogP contribution in [0.3, 0.4) is 0 Å². The Kier molecular flexibility index (Phi) is 12.9. The molecule has 0 saturated carbocycles. The minimum Gasteiger partial charge on any atom is -0.310 e. The standard InChI is InChI=1S/C77H66N2S4/c1-43-47(5)73(80-51(43)9)55-21-29-59(30-22-55)78(60-31-23-56(24-32-60)74-48(6)44(2)52(10)81-74)63-37-39-67-68-40-38-64(42-72(68)77(71(67)41-63)69-19-15-13-17-65(69)66-18-14-16-20-70(66)77)79(61-33-25-57(26-34-61)75-49(7)45(3)53(11)82-75)62-35-27-58(28-36-62)76-50(8)46(4)54(12)83-76/h13-42H,1-12H3. The summed E-state index contributed by atoms with van der Waals surface area (Å²) in [4.78, 5) is 15.9. The minimum absolute atomic E-state index is 0.611. The van der Waals surface area contributed by atoms with Gasteiger partial charge in [0.25, 0.3) is 0 Å². The van der Waals surface area contributed by atoms with Gasteiger partial charge in [0.2, 0.25) is 0 Å². The van der Waals surface area contributed by atoms with Crippen molar-refractivity contribution in [3.8, 4) is 64.0 Å². The lowest BCUT2D eigenvalue weighted by Crippen LogP contribution is -2.26. The summed E-state index contributed by atoms with van der Waals surface area (Å²) in [7, 11) is 0. The minimum atomic E-state index is -0.611. The Balaban J connectivity index is 0.957. The SMILES string of the molecule is Cc1sc(-c2ccc(N(c3ccc(-c4sc(C)c(C)c4C)cc3)c3ccc4c(c3)C3(c5ccccc5-c5ccccc53)c3cc(N(c5ccc(-c6sc(C)c(C)c6C)cc5)c5ccc(-c6sc(C)c(C)c6C)cc5)ccc3-4)cc2)c(C)c1C. The second-order valence-electron chi connectivity index (χ2n) is 23.1. The highest BCUT2D eigenvalue weighted by atomic mass is 32.1. The van der Waals surface area contributed by atoms with Crippen LogP contribution in [0.1, 0.15) is 86.3 Å². The lowest BCUT2D eigenvalue weighted by molar-refractivity contribution is 0.793. The molecule has 2 aliphatic carbocycles. The molecular weight excluding hydrogens is 1080 g/mol. The molecule has 0 N–H and O–H groups in total. The number of nitrogens with zero attached hydrogens (tertiary/aromatic N) is 2. The predicted molar refractivity (Wildman–Crippen MR) is 362 cm³/mol. The first kappa shape index (κ1) is 53.2. The van der Waals surface area contributed by atoms with Crippen molar-refractivity contribution in [2.45, 2.75) is 88.5 Å². The van der Waals surface area contributed by atoms with Gasteiger partial charge in [-0.05, 0) is 267 Å². The second kappa shape index (κ2) is 20.2. The molecule has 0 fully saturated rings. The largest absolute Gasteiger partial charge is 0.310 e. The summed E-state index contributed by atoms with van der Waals surface area (Å²) >= 11 is 7.59. The van der Waals surface area contributed by atoms with Crippen molar-refractivity contribution in [1.82, 2.24) is 0 Å². The van der Waals surface area contributed by atoms with E-state index in [2.05, 4.69) is 275 Å². The second-order valence-corrected chi connectivity index (χ2v) is 28.0. The van der Waals surface area contributed by atoms with Gasteiger partial charge in [-0.25, -0.2) is 0 Å². The van der Waals surface area contributed by atoms with E-state index in [1.54, 1.807) is 0 Å². The van der Waals surface area contributed by atoms with Crippen molar-refractivity contribution in [2.24, 2.45) is 0 Å². The van der Waals surface area contributed by atoms with Crippen LogP contribution >= 0.6 is 45.3 Å². The average molecular weight is 1150 g/mol. The molecule has 0 aliphatic heterocycles. The predicted octanol–water partition coefficient (Wildman–Crippen LogP) is 23.6. The van der Waals surface area contributed by atoms with Gasteiger partial charge in [0, 0.05) is 73.1 Å². The summed E-state index contributed by atoms with van der Waals surface area (Å²) in [5.74, 6) is 0. The first-order chi connectivity index (χ1) is 40.1. The van der Waals surface area contributed by atoms with Gasteiger partial charge in [-0.15, -0.1) is 45.3 Å². The third kappa shape index (κ3) is 8.26. The Morgan fingerprint density at radius 1 is 0.241 bits per heavy atom. The van der Waals surface area contributed by atoms with Crippen LogP contribution in [-0.4, -0.2) is 0 Å². The van der Waals surface area contributed by atoms with E-state index < -0.39 is 5.41 Å². The summed E-state index contributed by atoms with van der Waals surface area (Å²) in [5.41, 5.74) is 32.5. The first-order valence-electron chi connectivity index (χ1n) is 28.9. The molecule has 83 heavy (non-hydrogen) atoms. The molecule has 0 radical (unpaired) electrons. The highest BCUT2D eigenvalue weighted by Gasteiger charge is 2.52. The summed E-state index contributed by atoms with van der Waals surface area (Å²) in [6.07, 6.45) is 0. The number of anilines is 6. The van der Waals surface area contributed by atoms with Crippen LogP contribution < -0.4 is 9.80 Å². The molecule has 0 amide bonds. The van der Waals surface area contributed by atoms with E-state index in [1.165, 1.54) is 150 Å². The maximum Gasteiger partial charge on any atom is 0.0727 e. The van der Waals surface area contributed by atoms with Gasteiger partial charge in [0.05, 0.1) is 5.41 Å². The maximum absolute atomic E-state index is 2.53. The highest BCUT2D eigenvalue weighted by molar-refractivity contribution is 7.16. The van der Waals surface area contributed by atoms with Gasteiger partial charge in [-0.3, -0.25) is 0 Å². The molecule has 4 heterocycles. The Labute approximate surface area is 506 Å². The van der Waals surface area contributed by atoms with Gasteiger partial charge >= 0.3 is 0 Å². The van der Waals surface area contributed by atoms with Crippen LogP contribution in [0.5, 0.6) is 0 Å². The van der Waals surface area contributed by atoms with Crippen LogP contribution in [-0.2, 0) is 5.41 Å². The van der Waals surface area contributed by atoms with Gasteiger partial charge in [0.1, 0.15) is 0 Å². The third-order valence-corrected chi connectivity index (χ3v) is 24.3. The number of hydrogen-bond acceptors (Lipinski definition) is 6. The molecule has 408 valence electrons. The zero-order valence-corrected chi connectivity index (χ0v) is 52.6. The number of rotatable bonds is 10. The molecule has 6 heteroatoms. The average Bonchev–Trinajstić information content (AvgIpc) is 1.71. The van der Waals surface area contributed by atoms with E-state index in [-0.39, 0.29) is 0 Å². The molecule has 8 aromatic carbocycles. The summed E-state index contributed by atoms with van der Waals surface area (Å²) in [6, 6.07) is 70.3. The van der Waals surface area contributed by atoms with Crippen molar-refractivity contribution < 1.29 is 0 Å². The summed E-state index contributed by atoms with van der Waals surface area (Å²) < 4.78 is 0. The van der Waals surface area contributed by atoms with Crippen LogP contribution in [0.2, 0.25) is 0 Å². The Hall–Kier alpha value is -7.84. The topological polar surface area (TPSA) is 6.48 Å². The van der Waals surface area contributed by atoms with E-state index in [9.17, 15) is 0 Å². The monoisotopic (exact) mass is 1150 g/mol. The molecule has 14 rings (SSSR count). The molecular formula is C77H66N2S4. The van der Waals surface area contributed by atoms with Gasteiger partial charge in [-0.1, -0.05) is 109 Å². The lowest BCUT2D eigenvalue weighted by atomic mass is 9.70. The fourth-order valence-corrected chi connectivity index (χ4v) is 18.1. The molecule has 0 unspecified atom stereocenters. The van der Waals surface area contributed by atoms with Gasteiger partial charge in [0.15, 0.2) is 0 Å². The number of aryl methyl sites for hydroxylation is 4. The zero-order chi connectivity index (χ0) is 57.3. The molecule has 2 aliphatic rings. The van der Waals surface area contributed by atoms with E-state index in [4.69, 9.17) is 0 Å². The van der Waals surface area contributed by atoms with Gasteiger partial charge < -0.3 is 9.80 Å². The normalized spacial score (nSPS) is 12.7. The first-order valence-corrected chi connectivity index (χ1v) is 32.2. The van der Waals surface area contributed by atoms with Crippen LogP contribution in [0.25, 0.3) is 64.0 Å². The van der Waals surface area contributed by atoms with Crippen LogP contribution in [0.15, 0.2) is 182 Å². The van der Waals surface area contributed by atoms with Crippen molar-refractivity contribution in [2.75, 3.05) is 9.80 Å². The Morgan fingerprint density at radius 2 is 0.482 bits per heavy atom.